The van der Waals surface area contributed by atoms with Crippen molar-refractivity contribution in [2.45, 2.75) is 23.6 Å². The predicted molar refractivity (Wildman–Crippen MR) is 124 cm³/mol. The van der Waals surface area contributed by atoms with E-state index in [9.17, 15) is 21.6 Å². The average Bonchev–Trinajstić information content (AvgIpc) is 3.16. The molecule has 0 unspecified atom stereocenters. The number of benzene rings is 3. The molecule has 1 aromatic heterocycles. The van der Waals surface area contributed by atoms with Gasteiger partial charge < -0.3 is 4.42 Å². The topological polar surface area (TPSA) is 137 Å². The van der Waals surface area contributed by atoms with Gasteiger partial charge in [-0.1, -0.05) is 30.3 Å². The summed E-state index contributed by atoms with van der Waals surface area (Å²) in [4.78, 5) is 11.7. The van der Waals surface area contributed by atoms with Crippen LogP contribution in [0, 0.1) is 13.8 Å². The second kappa shape index (κ2) is 8.14. The van der Waals surface area contributed by atoms with Gasteiger partial charge in [-0.2, -0.15) is 0 Å². The van der Waals surface area contributed by atoms with Crippen molar-refractivity contribution >= 4 is 36.9 Å². The zero-order valence-electron chi connectivity index (χ0n) is 17.7. The average molecular weight is 485 g/mol. The Morgan fingerprint density at radius 1 is 0.848 bits per heavy atom. The number of primary sulfonamides is 1. The highest BCUT2D eigenvalue weighted by Gasteiger charge is 2.27. The lowest BCUT2D eigenvalue weighted by Crippen LogP contribution is -2.33. The number of carbonyl (C=O) groups is 1. The van der Waals surface area contributed by atoms with Crippen LogP contribution in [0.25, 0.3) is 22.3 Å². The van der Waals surface area contributed by atoms with Crippen molar-refractivity contribution in [3.8, 4) is 11.3 Å². The van der Waals surface area contributed by atoms with Gasteiger partial charge in [-0.3, -0.25) is 4.79 Å². The van der Waals surface area contributed by atoms with E-state index in [0.29, 0.717) is 16.9 Å². The quantitative estimate of drug-likeness (QED) is 0.445. The van der Waals surface area contributed by atoms with E-state index in [2.05, 4.69) is 0 Å². The van der Waals surface area contributed by atoms with Gasteiger partial charge in [0.2, 0.25) is 10.0 Å². The third kappa shape index (κ3) is 4.40. The number of carbonyl (C=O) groups excluding carboxylic acids is 1. The maximum absolute atomic E-state index is 12.9. The van der Waals surface area contributed by atoms with Crippen LogP contribution in [0.3, 0.4) is 0 Å². The number of nitrogens with two attached hydrogens (primary N) is 1. The number of hydrogen-bond acceptors (Lipinski definition) is 6. The minimum atomic E-state index is -4.51. The van der Waals surface area contributed by atoms with Crippen molar-refractivity contribution in [2.24, 2.45) is 5.14 Å². The fourth-order valence-electron chi connectivity index (χ4n) is 3.72. The molecule has 33 heavy (non-hydrogen) atoms. The summed E-state index contributed by atoms with van der Waals surface area (Å²) in [5.74, 6) is -0.269. The Bertz CT molecular complexity index is 1560. The summed E-state index contributed by atoms with van der Waals surface area (Å²) in [6, 6.07) is 17.7. The van der Waals surface area contributed by atoms with Crippen LogP contribution in [0.5, 0.6) is 0 Å². The number of para-hydroxylation sites is 1. The zero-order valence-corrected chi connectivity index (χ0v) is 19.3. The number of sulfonamides is 2. The Morgan fingerprint density at radius 3 is 2.03 bits per heavy atom. The molecule has 1 amide bonds. The highest BCUT2D eigenvalue weighted by Crippen LogP contribution is 2.31. The first-order valence-electron chi connectivity index (χ1n) is 9.76. The zero-order chi connectivity index (χ0) is 24.0. The van der Waals surface area contributed by atoms with Crippen LogP contribution in [-0.4, -0.2) is 22.7 Å². The molecule has 0 saturated heterocycles. The first-order valence-corrected chi connectivity index (χ1v) is 12.8. The van der Waals surface area contributed by atoms with Gasteiger partial charge in [-0.05, 0) is 61.4 Å². The fourth-order valence-corrected chi connectivity index (χ4v) is 6.06. The Hall–Kier alpha value is -3.47. The second-order valence-electron chi connectivity index (χ2n) is 7.56. The molecule has 0 spiro atoms. The SMILES string of the molecule is Cc1cc(-c2cc3ccccc3o2)cc(C)c1C(=O)NS(=O)(=O)c1ccccc1S(N)(=O)=O. The molecule has 1 heterocycles. The van der Waals surface area contributed by atoms with E-state index >= 15 is 0 Å². The van der Waals surface area contributed by atoms with Crippen LogP contribution < -0.4 is 9.86 Å². The summed E-state index contributed by atoms with van der Waals surface area (Å²) in [5, 5.41) is 6.06. The summed E-state index contributed by atoms with van der Waals surface area (Å²) >= 11 is 0. The molecule has 4 rings (SSSR count). The van der Waals surface area contributed by atoms with E-state index in [0.717, 1.165) is 28.7 Å². The Balaban J connectivity index is 1.70. The summed E-state index contributed by atoms with van der Waals surface area (Å²) in [5.41, 5.74) is 2.67. The standard InChI is InChI=1S/C23H20N2O6S2/c1-14-11-17(19-13-16-7-3-4-8-18(16)31-19)12-15(2)22(14)23(26)25-33(29,30)21-10-6-5-9-20(21)32(24,27)28/h3-13H,1-2H3,(H,25,26)(H2,24,27,28). The van der Waals surface area contributed by atoms with E-state index in [1.807, 2.05) is 35.1 Å². The molecular formula is C23H20N2O6S2. The van der Waals surface area contributed by atoms with Gasteiger partial charge in [-0.15, -0.1) is 0 Å². The molecule has 3 aromatic carbocycles. The van der Waals surface area contributed by atoms with Crippen LogP contribution in [0.1, 0.15) is 21.5 Å². The van der Waals surface area contributed by atoms with Crippen LogP contribution in [0.4, 0.5) is 0 Å². The van der Waals surface area contributed by atoms with Gasteiger partial charge in [0.1, 0.15) is 21.1 Å². The van der Waals surface area contributed by atoms with E-state index < -0.39 is 35.7 Å². The molecular weight excluding hydrogens is 464 g/mol. The monoisotopic (exact) mass is 484 g/mol. The number of nitrogens with one attached hydrogen (secondary N) is 1. The molecule has 0 saturated carbocycles. The number of fused-ring (bicyclic) bond motifs is 1. The van der Waals surface area contributed by atoms with E-state index in [1.165, 1.54) is 12.1 Å². The van der Waals surface area contributed by atoms with E-state index in [1.54, 1.807) is 26.0 Å². The molecule has 0 bridgehead atoms. The van der Waals surface area contributed by atoms with Gasteiger partial charge in [0.15, 0.2) is 0 Å². The maximum Gasteiger partial charge on any atom is 0.265 e. The largest absolute Gasteiger partial charge is 0.456 e. The van der Waals surface area contributed by atoms with Gasteiger partial charge in [-0.25, -0.2) is 26.7 Å². The lowest BCUT2D eigenvalue weighted by atomic mass is 9.98. The van der Waals surface area contributed by atoms with Crippen molar-refractivity contribution in [1.82, 2.24) is 4.72 Å². The predicted octanol–water partition coefficient (Wildman–Crippen LogP) is 3.48. The molecule has 4 aromatic rings. The third-order valence-electron chi connectivity index (χ3n) is 5.14. The summed E-state index contributed by atoms with van der Waals surface area (Å²) in [6.07, 6.45) is 0. The first-order chi connectivity index (χ1) is 15.5. The van der Waals surface area contributed by atoms with Crippen LogP contribution in [-0.2, 0) is 20.0 Å². The minimum absolute atomic E-state index is 0.159. The molecule has 0 aliphatic carbocycles. The minimum Gasteiger partial charge on any atom is -0.456 e. The Labute approximate surface area is 191 Å². The van der Waals surface area contributed by atoms with Crippen molar-refractivity contribution in [2.75, 3.05) is 0 Å². The number of aryl methyl sites for hydroxylation is 2. The number of rotatable bonds is 5. The molecule has 10 heteroatoms. The molecule has 0 fully saturated rings. The van der Waals surface area contributed by atoms with Crippen LogP contribution >= 0.6 is 0 Å². The van der Waals surface area contributed by atoms with E-state index in [4.69, 9.17) is 9.56 Å². The normalized spacial score (nSPS) is 12.1. The molecule has 0 radical (unpaired) electrons. The summed E-state index contributed by atoms with van der Waals surface area (Å²) in [7, 11) is -8.83. The van der Waals surface area contributed by atoms with Crippen molar-refractivity contribution < 1.29 is 26.0 Å². The number of furan rings is 1. The Kier molecular flexibility index (Phi) is 5.61. The smallest absolute Gasteiger partial charge is 0.265 e. The molecule has 8 nitrogen and oxygen atoms in total. The Morgan fingerprint density at radius 2 is 1.42 bits per heavy atom. The van der Waals surface area contributed by atoms with Crippen molar-refractivity contribution in [3.63, 3.8) is 0 Å². The second-order valence-corrected chi connectivity index (χ2v) is 10.7. The van der Waals surface area contributed by atoms with Crippen molar-refractivity contribution in [3.05, 3.63) is 83.4 Å². The molecule has 0 aliphatic rings. The van der Waals surface area contributed by atoms with Gasteiger partial charge >= 0.3 is 0 Å². The van der Waals surface area contributed by atoms with E-state index in [-0.39, 0.29) is 5.56 Å². The summed E-state index contributed by atoms with van der Waals surface area (Å²) in [6.45, 7) is 3.36. The highest BCUT2D eigenvalue weighted by atomic mass is 32.2. The lowest BCUT2D eigenvalue weighted by Gasteiger charge is -2.14. The van der Waals surface area contributed by atoms with Gasteiger partial charge in [0, 0.05) is 16.5 Å². The molecule has 3 N–H and O–H groups in total. The van der Waals surface area contributed by atoms with Crippen LogP contribution in [0.2, 0.25) is 0 Å². The fraction of sp³-hybridized carbons (Fsp3) is 0.0870. The number of amides is 1. The van der Waals surface area contributed by atoms with Crippen molar-refractivity contribution in [1.29, 1.82) is 0 Å². The molecule has 0 atom stereocenters. The van der Waals surface area contributed by atoms with Crippen LogP contribution in [0.15, 0.2) is 80.9 Å². The maximum atomic E-state index is 12.9. The van der Waals surface area contributed by atoms with Gasteiger partial charge in [0.05, 0.1) is 0 Å². The first kappa shape index (κ1) is 22.7. The molecule has 170 valence electrons. The summed E-state index contributed by atoms with van der Waals surface area (Å²) < 4.78 is 57.1. The molecule has 0 aliphatic heterocycles. The highest BCUT2D eigenvalue weighted by molar-refractivity contribution is 7.92. The van der Waals surface area contributed by atoms with Gasteiger partial charge in [0.25, 0.3) is 15.9 Å². The third-order valence-corrected chi connectivity index (χ3v) is 7.63. The lowest BCUT2D eigenvalue weighted by molar-refractivity contribution is 0.0980. The number of hydrogen-bond donors (Lipinski definition) is 2.